The number of carbonyl (C=O) groups is 2. The molecule has 0 bridgehead atoms. The third-order valence-electron chi connectivity index (χ3n) is 6.63. The highest BCUT2D eigenvalue weighted by molar-refractivity contribution is 7.92. The zero-order valence-electron chi connectivity index (χ0n) is 22.1. The summed E-state index contributed by atoms with van der Waals surface area (Å²) in [6.07, 6.45) is 0.663. The number of carbonyl (C=O) groups excluding carboxylic acids is 2. The number of nitrogens with one attached hydrogen (secondary N) is 2. The molecule has 5 rings (SSSR count). The maximum Gasteiger partial charge on any atom is 0.261 e. The van der Waals surface area contributed by atoms with E-state index in [1.165, 1.54) is 60.4 Å². The topological polar surface area (TPSA) is 131 Å². The first-order chi connectivity index (χ1) is 19.2. The van der Waals surface area contributed by atoms with E-state index in [0.29, 0.717) is 40.5 Å². The molecule has 0 radical (unpaired) electrons. The number of ether oxygens (including phenoxy) is 1. The summed E-state index contributed by atoms with van der Waals surface area (Å²) < 4.78 is 33.0. The predicted octanol–water partition coefficient (Wildman–Crippen LogP) is 4.89. The van der Waals surface area contributed by atoms with Crippen molar-refractivity contribution in [3.05, 3.63) is 106 Å². The Bertz CT molecular complexity index is 1640. The molecule has 4 aromatic rings. The Kier molecular flexibility index (Phi) is 9.34. The van der Waals surface area contributed by atoms with Crippen molar-refractivity contribution >= 4 is 56.3 Å². The summed E-state index contributed by atoms with van der Waals surface area (Å²) in [7, 11) is -2.32. The van der Waals surface area contributed by atoms with Crippen LogP contribution in [-0.4, -0.2) is 38.8 Å². The molecule has 9 nitrogen and oxygen atoms in total. The molecular formula is C29H29ClN4O5S2. The van der Waals surface area contributed by atoms with Crippen LogP contribution in [0.15, 0.2) is 83.8 Å². The summed E-state index contributed by atoms with van der Waals surface area (Å²) in [6.45, 7) is 2.23. The Balaban J connectivity index is 0.00000387. The van der Waals surface area contributed by atoms with Crippen LogP contribution in [0.4, 0.5) is 10.7 Å². The lowest BCUT2D eigenvalue weighted by Gasteiger charge is -2.27. The molecular weight excluding hydrogens is 584 g/mol. The monoisotopic (exact) mass is 612 g/mol. The van der Waals surface area contributed by atoms with Crippen LogP contribution in [0.25, 0.3) is 0 Å². The quantitative estimate of drug-likeness (QED) is 0.247. The molecule has 3 aromatic carbocycles. The Morgan fingerprint density at radius 3 is 2.32 bits per heavy atom. The van der Waals surface area contributed by atoms with Crippen LogP contribution in [-0.2, 0) is 29.5 Å². The number of thiophene rings is 1. The predicted molar refractivity (Wildman–Crippen MR) is 163 cm³/mol. The second-order valence-electron chi connectivity index (χ2n) is 9.33. The van der Waals surface area contributed by atoms with Gasteiger partial charge in [-0.2, -0.15) is 0 Å². The molecule has 0 unspecified atom stereocenters. The van der Waals surface area contributed by atoms with Crippen molar-refractivity contribution < 1.29 is 22.7 Å². The molecule has 4 N–H and O–H groups in total. The Hall–Kier alpha value is -3.90. The van der Waals surface area contributed by atoms with Gasteiger partial charge in [-0.15, -0.1) is 23.7 Å². The Labute approximate surface area is 248 Å². The van der Waals surface area contributed by atoms with E-state index in [4.69, 9.17) is 10.5 Å². The van der Waals surface area contributed by atoms with Gasteiger partial charge in [0.05, 0.1) is 17.6 Å². The molecule has 0 saturated heterocycles. The highest BCUT2D eigenvalue weighted by Crippen LogP contribution is 2.37. The number of fused-ring (bicyclic) bond motifs is 1. The number of anilines is 2. The van der Waals surface area contributed by atoms with Gasteiger partial charge in [0.2, 0.25) is 0 Å². The first kappa shape index (κ1) is 30.1. The fraction of sp³-hybridized carbons (Fsp3) is 0.172. The van der Waals surface area contributed by atoms with Crippen molar-refractivity contribution in [1.29, 1.82) is 0 Å². The first-order valence-electron chi connectivity index (χ1n) is 12.5. The maximum atomic E-state index is 13.1. The summed E-state index contributed by atoms with van der Waals surface area (Å²) in [5.74, 6) is -0.454. The fourth-order valence-corrected chi connectivity index (χ4v) is 6.96. The number of hydrogen-bond donors (Lipinski definition) is 3. The minimum absolute atomic E-state index is 0. The second kappa shape index (κ2) is 12.7. The fourth-order valence-electron chi connectivity index (χ4n) is 4.62. The van der Waals surface area contributed by atoms with E-state index in [1.807, 2.05) is 18.2 Å². The van der Waals surface area contributed by atoms with Crippen molar-refractivity contribution in [2.24, 2.45) is 5.73 Å². The minimum Gasteiger partial charge on any atom is -0.497 e. The number of rotatable bonds is 9. The molecule has 0 atom stereocenters. The van der Waals surface area contributed by atoms with Crippen LogP contribution >= 0.6 is 23.7 Å². The van der Waals surface area contributed by atoms with Gasteiger partial charge in [0.25, 0.3) is 21.8 Å². The summed E-state index contributed by atoms with van der Waals surface area (Å²) in [5.41, 5.74) is 8.79. The van der Waals surface area contributed by atoms with Crippen molar-refractivity contribution in [1.82, 2.24) is 4.90 Å². The van der Waals surface area contributed by atoms with E-state index >= 15 is 0 Å². The van der Waals surface area contributed by atoms with E-state index < -0.39 is 21.8 Å². The molecule has 1 aromatic heterocycles. The van der Waals surface area contributed by atoms with Gasteiger partial charge < -0.3 is 15.8 Å². The lowest BCUT2D eigenvalue weighted by molar-refractivity contribution is 0.0999. The van der Waals surface area contributed by atoms with Gasteiger partial charge in [-0.1, -0.05) is 30.3 Å². The standard InChI is InChI=1S/C29H28N4O5S2.ClH/c1-38-22-11-13-23(14-12-22)40(36,37)32-21-9-7-20(8-10-21)28(35)31-29-26(27(30)34)24-15-16-33(18-25(24)39-29)17-19-5-3-2-4-6-19;/h2-14,32H,15-18H2,1H3,(H2,30,34)(H,31,35);1H. The number of hydrogen-bond acceptors (Lipinski definition) is 7. The maximum absolute atomic E-state index is 13.1. The molecule has 0 saturated carbocycles. The molecule has 0 aliphatic carbocycles. The SMILES string of the molecule is COc1ccc(S(=O)(=O)Nc2ccc(C(=O)Nc3sc4c(c3C(N)=O)CCN(Cc3ccccc3)C4)cc2)cc1.Cl. The molecule has 214 valence electrons. The van der Waals surface area contributed by atoms with Gasteiger partial charge in [0.15, 0.2) is 0 Å². The highest BCUT2D eigenvalue weighted by atomic mass is 35.5. The lowest BCUT2D eigenvalue weighted by Crippen LogP contribution is -2.30. The largest absolute Gasteiger partial charge is 0.497 e. The van der Waals surface area contributed by atoms with Crippen LogP contribution in [0.2, 0.25) is 0 Å². The number of amides is 2. The molecule has 0 fully saturated rings. The summed E-state index contributed by atoms with van der Waals surface area (Å²) in [6, 6.07) is 22.2. The zero-order valence-corrected chi connectivity index (χ0v) is 24.6. The summed E-state index contributed by atoms with van der Waals surface area (Å²) in [4.78, 5) is 28.8. The van der Waals surface area contributed by atoms with Gasteiger partial charge in [-0.05, 0) is 66.1 Å². The van der Waals surface area contributed by atoms with Gasteiger partial charge in [0.1, 0.15) is 10.8 Å². The number of halogens is 1. The first-order valence-corrected chi connectivity index (χ1v) is 14.8. The van der Waals surface area contributed by atoms with E-state index in [1.54, 1.807) is 12.1 Å². The number of benzene rings is 3. The summed E-state index contributed by atoms with van der Waals surface area (Å²) >= 11 is 1.36. The molecule has 1 aliphatic rings. The van der Waals surface area contributed by atoms with Crippen LogP contribution in [0, 0.1) is 0 Å². The van der Waals surface area contributed by atoms with Crippen molar-refractivity contribution in [3.8, 4) is 5.75 Å². The van der Waals surface area contributed by atoms with Gasteiger partial charge >= 0.3 is 0 Å². The number of sulfonamides is 1. The van der Waals surface area contributed by atoms with E-state index in [2.05, 4.69) is 27.1 Å². The number of primary amides is 1. The molecule has 12 heteroatoms. The Morgan fingerprint density at radius 2 is 1.68 bits per heavy atom. The smallest absolute Gasteiger partial charge is 0.261 e. The van der Waals surface area contributed by atoms with Crippen LogP contribution < -0.4 is 20.5 Å². The third kappa shape index (κ3) is 6.88. The molecule has 2 heterocycles. The average Bonchev–Trinajstić information content (AvgIpc) is 3.31. The molecule has 0 spiro atoms. The van der Waals surface area contributed by atoms with Crippen molar-refractivity contribution in [2.75, 3.05) is 23.7 Å². The number of nitrogens with zero attached hydrogens (tertiary/aromatic N) is 1. The van der Waals surface area contributed by atoms with Gasteiger partial charge in [-0.25, -0.2) is 8.42 Å². The molecule has 41 heavy (non-hydrogen) atoms. The number of methoxy groups -OCH3 is 1. The van der Waals surface area contributed by atoms with Gasteiger partial charge in [-0.3, -0.25) is 19.2 Å². The van der Waals surface area contributed by atoms with Crippen molar-refractivity contribution in [3.63, 3.8) is 0 Å². The Morgan fingerprint density at radius 1 is 1.00 bits per heavy atom. The van der Waals surface area contributed by atoms with Gasteiger partial charge in [0, 0.05) is 35.8 Å². The molecule has 2 amide bonds. The molecule has 1 aliphatic heterocycles. The third-order valence-corrected chi connectivity index (χ3v) is 9.16. The second-order valence-corrected chi connectivity index (χ2v) is 12.1. The number of nitrogens with two attached hydrogens (primary N) is 1. The zero-order chi connectivity index (χ0) is 28.3. The van der Waals surface area contributed by atoms with E-state index in [9.17, 15) is 18.0 Å². The summed E-state index contributed by atoms with van der Waals surface area (Å²) in [5, 5.41) is 3.27. The van der Waals surface area contributed by atoms with Crippen LogP contribution in [0.5, 0.6) is 5.75 Å². The van der Waals surface area contributed by atoms with E-state index in [-0.39, 0.29) is 17.3 Å². The average molecular weight is 613 g/mol. The lowest BCUT2D eigenvalue weighted by atomic mass is 10.0. The normalized spacial score (nSPS) is 13.0. The highest BCUT2D eigenvalue weighted by Gasteiger charge is 2.28. The van der Waals surface area contributed by atoms with E-state index in [0.717, 1.165) is 23.5 Å². The van der Waals surface area contributed by atoms with Crippen LogP contribution in [0.1, 0.15) is 36.7 Å². The minimum atomic E-state index is -3.82. The van der Waals surface area contributed by atoms with Crippen molar-refractivity contribution in [2.45, 2.75) is 24.4 Å². The van der Waals surface area contributed by atoms with Crippen LogP contribution in [0.3, 0.4) is 0 Å².